The predicted octanol–water partition coefficient (Wildman–Crippen LogP) is 4.16. The second-order valence-corrected chi connectivity index (χ2v) is 7.24. The largest absolute Gasteiger partial charge is 0.493 e. The number of aryl methyl sites for hydroxylation is 1. The van der Waals surface area contributed by atoms with Gasteiger partial charge in [0.1, 0.15) is 11.8 Å². The fourth-order valence-electron chi connectivity index (χ4n) is 3.07. The molecule has 1 heterocycles. The second kappa shape index (κ2) is 11.1. The molecule has 8 nitrogen and oxygen atoms in total. The summed E-state index contributed by atoms with van der Waals surface area (Å²) in [6.07, 6.45) is -3.00. The summed E-state index contributed by atoms with van der Waals surface area (Å²) < 4.78 is 54.9. The normalized spacial score (nSPS) is 12.5. The Labute approximate surface area is 184 Å². The van der Waals surface area contributed by atoms with E-state index in [1.54, 1.807) is 14.0 Å². The molecule has 1 atom stereocenters. The molecule has 2 aromatic rings. The van der Waals surface area contributed by atoms with E-state index >= 15 is 0 Å². The number of amides is 2. The molecule has 1 unspecified atom stereocenters. The highest BCUT2D eigenvalue weighted by molar-refractivity contribution is 5.85. The first-order chi connectivity index (χ1) is 15.1. The predicted molar refractivity (Wildman–Crippen MR) is 110 cm³/mol. The van der Waals surface area contributed by atoms with Crippen LogP contribution in [0.2, 0.25) is 0 Å². The lowest BCUT2D eigenvalue weighted by Crippen LogP contribution is -2.46. The van der Waals surface area contributed by atoms with Crippen LogP contribution in [0.5, 0.6) is 5.75 Å². The molecule has 32 heavy (non-hydrogen) atoms. The van der Waals surface area contributed by atoms with Gasteiger partial charge in [-0.05, 0) is 38.8 Å². The van der Waals surface area contributed by atoms with E-state index in [0.29, 0.717) is 37.1 Å². The lowest BCUT2D eigenvalue weighted by Gasteiger charge is -2.20. The number of carbonyl (C=O) groups excluding carboxylic acids is 2. The maximum atomic E-state index is 13.1. The van der Waals surface area contributed by atoms with E-state index in [4.69, 9.17) is 14.0 Å². The number of aromatic nitrogens is 1. The molecule has 0 spiro atoms. The van der Waals surface area contributed by atoms with Gasteiger partial charge in [-0.2, -0.15) is 13.2 Å². The van der Waals surface area contributed by atoms with Crippen molar-refractivity contribution in [1.82, 2.24) is 15.4 Å². The summed E-state index contributed by atoms with van der Waals surface area (Å²) in [5.41, 5.74) is -0.454. The van der Waals surface area contributed by atoms with E-state index in [2.05, 4.69) is 10.5 Å². The summed E-state index contributed by atoms with van der Waals surface area (Å²) in [7, 11) is 1.58. The molecule has 0 saturated heterocycles. The van der Waals surface area contributed by atoms with E-state index < -0.39 is 29.9 Å². The SMILES string of the molecule is CCCc1c(OCCCN(C)C(=O)NC(C)C(=O)OCC)ccc2c(C(F)(F)F)noc12. The van der Waals surface area contributed by atoms with Gasteiger partial charge < -0.3 is 24.2 Å². The van der Waals surface area contributed by atoms with Crippen molar-refractivity contribution in [1.29, 1.82) is 0 Å². The maximum absolute atomic E-state index is 13.1. The molecule has 2 rings (SSSR count). The van der Waals surface area contributed by atoms with Gasteiger partial charge in [-0.15, -0.1) is 0 Å². The second-order valence-electron chi connectivity index (χ2n) is 7.24. The highest BCUT2D eigenvalue weighted by atomic mass is 19.4. The van der Waals surface area contributed by atoms with E-state index in [1.807, 2.05) is 6.92 Å². The maximum Gasteiger partial charge on any atom is 0.437 e. The molecule has 0 saturated carbocycles. The highest BCUT2D eigenvalue weighted by Gasteiger charge is 2.37. The number of esters is 1. The first-order valence-electron chi connectivity index (χ1n) is 10.4. The fraction of sp³-hybridized carbons (Fsp3) is 0.571. The van der Waals surface area contributed by atoms with Crippen molar-refractivity contribution in [2.45, 2.75) is 52.3 Å². The van der Waals surface area contributed by atoms with Crippen LogP contribution in [-0.2, 0) is 22.1 Å². The smallest absolute Gasteiger partial charge is 0.437 e. The van der Waals surface area contributed by atoms with Crippen LogP contribution in [-0.4, -0.2) is 54.9 Å². The summed E-state index contributed by atoms with van der Waals surface area (Å²) >= 11 is 0. The molecule has 0 aliphatic heterocycles. The molecule has 2 amide bonds. The monoisotopic (exact) mass is 459 g/mol. The standard InChI is InChI=1S/C21H28F3N3O5/c1-5-8-14-16(10-9-15-17(14)32-26-18(15)21(22,23)24)31-12-7-11-27(4)20(29)25-13(3)19(28)30-6-2/h9-10,13H,5-8,11-12H2,1-4H3,(H,25,29). The van der Waals surface area contributed by atoms with Crippen LogP contribution in [0.1, 0.15) is 44.9 Å². The van der Waals surface area contributed by atoms with Gasteiger partial charge in [0.25, 0.3) is 0 Å². The first kappa shape index (κ1) is 25.3. The summed E-state index contributed by atoms with van der Waals surface area (Å²) in [5.74, 6) is -0.0928. The number of hydrogen-bond acceptors (Lipinski definition) is 6. The van der Waals surface area contributed by atoms with Gasteiger partial charge in [0, 0.05) is 19.2 Å². The first-order valence-corrected chi connectivity index (χ1v) is 10.4. The molecule has 1 aromatic carbocycles. The minimum Gasteiger partial charge on any atom is -0.493 e. The molecule has 0 radical (unpaired) electrons. The van der Waals surface area contributed by atoms with Crippen molar-refractivity contribution < 1.29 is 36.8 Å². The molecule has 11 heteroatoms. The molecule has 0 bridgehead atoms. The average Bonchev–Trinajstić information content (AvgIpc) is 3.17. The number of hydrogen-bond donors (Lipinski definition) is 1. The van der Waals surface area contributed by atoms with Gasteiger partial charge in [0.2, 0.25) is 0 Å². The molecule has 1 N–H and O–H groups in total. The third-order valence-corrected chi connectivity index (χ3v) is 4.69. The summed E-state index contributed by atoms with van der Waals surface area (Å²) in [5, 5.41) is 5.64. The highest BCUT2D eigenvalue weighted by Crippen LogP contribution is 2.38. The van der Waals surface area contributed by atoms with Gasteiger partial charge in [-0.3, -0.25) is 0 Å². The van der Waals surface area contributed by atoms with Crippen molar-refractivity contribution in [3.8, 4) is 5.75 Å². The van der Waals surface area contributed by atoms with Crippen LogP contribution in [0.4, 0.5) is 18.0 Å². The lowest BCUT2D eigenvalue weighted by molar-refractivity contribution is -0.145. The third-order valence-electron chi connectivity index (χ3n) is 4.69. The minimum atomic E-state index is -4.60. The topological polar surface area (TPSA) is 93.9 Å². The molecule has 0 fully saturated rings. The molecule has 0 aliphatic rings. The van der Waals surface area contributed by atoms with Crippen LogP contribution < -0.4 is 10.1 Å². The minimum absolute atomic E-state index is 0.0705. The molecular weight excluding hydrogens is 431 g/mol. The number of rotatable bonds is 10. The van der Waals surface area contributed by atoms with Crippen LogP contribution >= 0.6 is 0 Å². The number of ether oxygens (including phenoxy) is 2. The van der Waals surface area contributed by atoms with Crippen LogP contribution in [0, 0.1) is 0 Å². The van der Waals surface area contributed by atoms with Gasteiger partial charge in [0.05, 0.1) is 18.6 Å². The quantitative estimate of drug-likeness (QED) is 0.424. The number of fused-ring (bicyclic) bond motifs is 1. The van der Waals surface area contributed by atoms with Gasteiger partial charge >= 0.3 is 18.2 Å². The Morgan fingerprint density at radius 2 is 2.00 bits per heavy atom. The van der Waals surface area contributed by atoms with E-state index in [1.165, 1.54) is 24.0 Å². The summed E-state index contributed by atoms with van der Waals surface area (Å²) in [6.45, 7) is 5.91. The van der Waals surface area contributed by atoms with Gasteiger partial charge in [0.15, 0.2) is 11.3 Å². The Morgan fingerprint density at radius 1 is 1.28 bits per heavy atom. The Kier molecular flexibility index (Phi) is 8.73. The van der Waals surface area contributed by atoms with Crippen molar-refractivity contribution in [2.75, 3.05) is 26.8 Å². The Bertz CT molecular complexity index is 929. The summed E-state index contributed by atoms with van der Waals surface area (Å²) in [4.78, 5) is 25.2. The third kappa shape index (κ3) is 6.27. The number of urea groups is 1. The van der Waals surface area contributed by atoms with Crippen LogP contribution in [0.3, 0.4) is 0 Å². The number of nitrogens with zero attached hydrogens (tertiary/aromatic N) is 2. The number of benzene rings is 1. The van der Waals surface area contributed by atoms with Crippen molar-refractivity contribution in [2.24, 2.45) is 0 Å². The zero-order valence-electron chi connectivity index (χ0n) is 18.5. The lowest BCUT2D eigenvalue weighted by atomic mass is 10.0. The number of halogens is 3. The zero-order chi connectivity index (χ0) is 23.9. The Hall–Kier alpha value is -2.98. The zero-order valence-corrected chi connectivity index (χ0v) is 18.5. The number of nitrogens with one attached hydrogen (secondary N) is 1. The number of alkyl halides is 3. The average molecular weight is 459 g/mol. The van der Waals surface area contributed by atoms with Crippen LogP contribution in [0.25, 0.3) is 11.0 Å². The molecule has 0 aliphatic carbocycles. The van der Waals surface area contributed by atoms with E-state index in [-0.39, 0.29) is 24.2 Å². The molecule has 1 aromatic heterocycles. The molecular formula is C21H28F3N3O5. The fourth-order valence-corrected chi connectivity index (χ4v) is 3.07. The Morgan fingerprint density at radius 3 is 2.62 bits per heavy atom. The van der Waals surface area contributed by atoms with E-state index in [0.717, 1.165) is 0 Å². The van der Waals surface area contributed by atoms with Gasteiger partial charge in [-0.25, -0.2) is 9.59 Å². The summed E-state index contributed by atoms with van der Waals surface area (Å²) in [6, 6.07) is 1.57. The van der Waals surface area contributed by atoms with Crippen LogP contribution in [0.15, 0.2) is 16.7 Å². The van der Waals surface area contributed by atoms with Crippen molar-refractivity contribution in [3.63, 3.8) is 0 Å². The number of carbonyl (C=O) groups is 2. The van der Waals surface area contributed by atoms with Crippen molar-refractivity contribution in [3.05, 3.63) is 23.4 Å². The van der Waals surface area contributed by atoms with Gasteiger partial charge in [-0.1, -0.05) is 18.5 Å². The van der Waals surface area contributed by atoms with E-state index in [9.17, 15) is 22.8 Å². The van der Waals surface area contributed by atoms with Crippen molar-refractivity contribution >= 4 is 23.0 Å². The molecule has 178 valence electrons. The Balaban J connectivity index is 1.96.